The van der Waals surface area contributed by atoms with Gasteiger partial charge in [-0.15, -0.1) is 0 Å². The van der Waals surface area contributed by atoms with Gasteiger partial charge in [0.05, 0.1) is 12.3 Å². The maximum atomic E-state index is 9.08. The lowest BCUT2D eigenvalue weighted by atomic mass is 10.0. The maximum absolute atomic E-state index is 9.08. The Bertz CT molecular complexity index is 967. The molecule has 0 aromatic heterocycles. The van der Waals surface area contributed by atoms with Gasteiger partial charge >= 0.3 is 0 Å². The lowest BCUT2D eigenvalue weighted by molar-refractivity contribution is 0.311. The van der Waals surface area contributed by atoms with Crippen LogP contribution in [0.15, 0.2) is 48.5 Å². The molecule has 2 aromatic rings. The molecule has 0 atom stereocenters. The Morgan fingerprint density at radius 2 is 1.50 bits per heavy atom. The van der Waals surface area contributed by atoms with Crippen LogP contribution >= 0.6 is 0 Å². The summed E-state index contributed by atoms with van der Waals surface area (Å²) < 4.78 is 0. The number of aliphatic hydroxyl groups is 1. The van der Waals surface area contributed by atoms with Crippen molar-refractivity contribution in [3.05, 3.63) is 64.5 Å². The summed E-state index contributed by atoms with van der Waals surface area (Å²) in [4.78, 5) is 2.42. The summed E-state index contributed by atoms with van der Waals surface area (Å²) in [5, 5.41) is 32.0. The Labute approximate surface area is 165 Å². The van der Waals surface area contributed by atoms with Crippen molar-refractivity contribution in [2.75, 3.05) is 31.6 Å². The van der Waals surface area contributed by atoms with Crippen LogP contribution in [0.1, 0.15) is 24.8 Å². The predicted octanol–water partition coefficient (Wildman–Crippen LogP) is 1.93. The molecule has 2 N–H and O–H groups in total. The summed E-state index contributed by atoms with van der Waals surface area (Å²) in [7, 11) is 0. The number of likely N-dealkylation sites (tertiary alicyclic amines) is 1. The third-order valence-electron chi connectivity index (χ3n) is 4.94. The van der Waals surface area contributed by atoms with Gasteiger partial charge in [0.2, 0.25) is 0 Å². The fourth-order valence-electron chi connectivity index (χ4n) is 3.54. The molecular formula is C23H24N4O. The topological polar surface area (TPSA) is 83.1 Å². The number of anilines is 1. The minimum atomic E-state index is 0.101. The third kappa shape index (κ3) is 4.52. The summed E-state index contributed by atoms with van der Waals surface area (Å²) in [6, 6.07) is 19.8. The van der Waals surface area contributed by atoms with Gasteiger partial charge in [0, 0.05) is 30.5 Å². The first-order valence-electron chi connectivity index (χ1n) is 9.62. The van der Waals surface area contributed by atoms with Crippen LogP contribution in [0.5, 0.6) is 0 Å². The molecule has 1 fully saturated rings. The largest absolute Gasteiger partial charge is 0.395 e. The van der Waals surface area contributed by atoms with E-state index in [1.165, 1.54) is 25.0 Å². The highest BCUT2D eigenvalue weighted by Gasteiger charge is 2.16. The second-order valence-electron chi connectivity index (χ2n) is 6.80. The average Bonchev–Trinajstić information content (AvgIpc) is 2.76. The zero-order valence-corrected chi connectivity index (χ0v) is 15.9. The molecule has 0 bridgehead atoms. The van der Waals surface area contributed by atoms with E-state index in [1.807, 2.05) is 48.5 Å². The minimum absolute atomic E-state index is 0.101. The Morgan fingerprint density at radius 1 is 0.893 bits per heavy atom. The van der Waals surface area contributed by atoms with Crippen molar-refractivity contribution in [2.45, 2.75) is 19.3 Å². The number of hydrogen-bond donors (Lipinski definition) is 2. The smallest absolute Gasteiger partial charge is 0.136 e. The molecule has 1 aliphatic rings. The molecule has 0 spiro atoms. The Balaban J connectivity index is 2.07. The van der Waals surface area contributed by atoms with E-state index >= 15 is 0 Å². The molecule has 0 radical (unpaired) electrons. The number of aliphatic hydroxyl groups excluding tert-OH is 1. The van der Waals surface area contributed by atoms with Crippen LogP contribution in [0.3, 0.4) is 0 Å². The molecule has 0 aliphatic carbocycles. The zero-order valence-electron chi connectivity index (χ0n) is 15.9. The maximum Gasteiger partial charge on any atom is 0.136 e. The minimum Gasteiger partial charge on any atom is -0.395 e. The molecule has 2 aromatic carbocycles. The fraction of sp³-hybridized carbons (Fsp3) is 0.304. The van der Waals surface area contributed by atoms with Crippen molar-refractivity contribution in [2.24, 2.45) is 0 Å². The fourth-order valence-corrected chi connectivity index (χ4v) is 3.54. The Morgan fingerprint density at radius 3 is 2.07 bits per heavy atom. The lowest BCUT2D eigenvalue weighted by Crippen LogP contribution is -2.32. The summed E-state index contributed by atoms with van der Waals surface area (Å²) in [6.45, 7) is 2.68. The van der Waals surface area contributed by atoms with Crippen LogP contribution in [0.25, 0.3) is 11.3 Å². The number of piperidine rings is 1. The van der Waals surface area contributed by atoms with E-state index in [4.69, 9.17) is 15.6 Å². The SMILES string of the molecule is N#CC(C#N)=c1ccc(=C(c2ccc(NCCO)cc2)N2CCCCC2)cc1. The Kier molecular flexibility index (Phi) is 6.68. The van der Waals surface area contributed by atoms with Gasteiger partial charge in [-0.1, -0.05) is 36.4 Å². The molecule has 28 heavy (non-hydrogen) atoms. The highest BCUT2D eigenvalue weighted by atomic mass is 16.3. The van der Waals surface area contributed by atoms with Gasteiger partial charge in [-0.3, -0.25) is 0 Å². The molecule has 3 rings (SSSR count). The molecule has 0 amide bonds. The predicted molar refractivity (Wildman–Crippen MR) is 110 cm³/mol. The normalized spacial score (nSPS) is 13.3. The van der Waals surface area contributed by atoms with Crippen molar-refractivity contribution >= 4 is 17.0 Å². The van der Waals surface area contributed by atoms with Crippen molar-refractivity contribution < 1.29 is 5.11 Å². The first-order valence-corrected chi connectivity index (χ1v) is 9.62. The van der Waals surface area contributed by atoms with E-state index in [9.17, 15) is 0 Å². The van der Waals surface area contributed by atoms with Crippen LogP contribution in [0.4, 0.5) is 5.69 Å². The van der Waals surface area contributed by atoms with Gasteiger partial charge in [-0.25, -0.2) is 0 Å². The molecule has 0 saturated carbocycles. The van der Waals surface area contributed by atoms with E-state index in [2.05, 4.69) is 22.3 Å². The van der Waals surface area contributed by atoms with Crippen molar-refractivity contribution in [1.29, 1.82) is 10.5 Å². The number of hydrogen-bond acceptors (Lipinski definition) is 5. The third-order valence-corrected chi connectivity index (χ3v) is 4.94. The van der Waals surface area contributed by atoms with E-state index < -0.39 is 0 Å². The molecular weight excluding hydrogens is 348 g/mol. The summed E-state index contributed by atoms with van der Waals surface area (Å²) in [5.74, 6) is 0. The van der Waals surface area contributed by atoms with Gasteiger partial charge in [-0.05, 0) is 42.2 Å². The monoisotopic (exact) mass is 372 g/mol. The zero-order chi connectivity index (χ0) is 19.8. The highest BCUT2D eigenvalue weighted by Crippen LogP contribution is 2.22. The molecule has 1 saturated heterocycles. The first kappa shape index (κ1) is 19.5. The first-order chi connectivity index (χ1) is 13.8. The van der Waals surface area contributed by atoms with Crippen LogP contribution < -0.4 is 15.8 Å². The Hall–Kier alpha value is -3.28. The van der Waals surface area contributed by atoms with Gasteiger partial charge in [0.1, 0.15) is 17.7 Å². The van der Waals surface area contributed by atoms with Crippen LogP contribution in [0.2, 0.25) is 0 Å². The van der Waals surface area contributed by atoms with Crippen molar-refractivity contribution in [3.63, 3.8) is 0 Å². The van der Waals surface area contributed by atoms with Crippen molar-refractivity contribution in [3.8, 4) is 12.1 Å². The summed E-state index contributed by atoms with van der Waals surface area (Å²) in [6.07, 6.45) is 3.62. The van der Waals surface area contributed by atoms with Gasteiger partial charge in [-0.2, -0.15) is 10.5 Å². The number of nitrogens with one attached hydrogen (secondary N) is 1. The number of nitrogens with zero attached hydrogens (tertiary/aromatic N) is 3. The molecule has 0 unspecified atom stereocenters. The van der Waals surface area contributed by atoms with Crippen molar-refractivity contribution in [1.82, 2.24) is 4.90 Å². The molecule has 5 heteroatoms. The molecule has 1 heterocycles. The van der Waals surface area contributed by atoms with E-state index in [0.29, 0.717) is 11.8 Å². The molecule has 5 nitrogen and oxygen atoms in total. The molecule has 1 aliphatic heterocycles. The van der Waals surface area contributed by atoms with Gasteiger partial charge < -0.3 is 15.3 Å². The van der Waals surface area contributed by atoms with Crippen LogP contribution in [0, 0.1) is 22.7 Å². The van der Waals surface area contributed by atoms with Crippen LogP contribution in [-0.4, -0.2) is 36.2 Å². The van der Waals surface area contributed by atoms with E-state index in [1.54, 1.807) is 0 Å². The number of nitriles is 2. The second kappa shape index (κ2) is 9.60. The van der Waals surface area contributed by atoms with E-state index in [-0.39, 0.29) is 12.2 Å². The number of benzene rings is 2. The highest BCUT2D eigenvalue weighted by molar-refractivity contribution is 5.72. The standard InChI is InChI=1S/C23H24N4O/c24-16-21(17-25)18-4-6-19(7-5-18)23(27-13-2-1-3-14-27)20-8-10-22(11-9-20)26-12-15-28/h4-11,26,28H,1-3,12-15H2. The summed E-state index contributed by atoms with van der Waals surface area (Å²) >= 11 is 0. The van der Waals surface area contributed by atoms with E-state index in [0.717, 1.165) is 29.6 Å². The molecule has 142 valence electrons. The van der Waals surface area contributed by atoms with Gasteiger partial charge in [0.15, 0.2) is 0 Å². The average molecular weight is 372 g/mol. The lowest BCUT2D eigenvalue weighted by Gasteiger charge is -2.31. The quantitative estimate of drug-likeness (QED) is 0.838. The van der Waals surface area contributed by atoms with Gasteiger partial charge in [0.25, 0.3) is 0 Å². The van der Waals surface area contributed by atoms with Crippen LogP contribution in [-0.2, 0) is 0 Å². The second-order valence-corrected chi connectivity index (χ2v) is 6.80. The summed E-state index contributed by atoms with van der Waals surface area (Å²) in [5.41, 5.74) is 3.42. The number of rotatable bonds is 5.